The third-order valence-electron chi connectivity index (χ3n) is 5.69. The number of hydrogen-bond acceptors (Lipinski definition) is 2. The number of amides is 1. The molecule has 0 saturated heterocycles. The van der Waals surface area contributed by atoms with E-state index in [0.717, 1.165) is 24.2 Å². The summed E-state index contributed by atoms with van der Waals surface area (Å²) in [6.07, 6.45) is 17.5. The van der Waals surface area contributed by atoms with Crippen LogP contribution in [-0.4, -0.2) is 11.9 Å². The second kappa shape index (κ2) is 8.96. The predicted molar refractivity (Wildman–Crippen MR) is 102 cm³/mol. The summed E-state index contributed by atoms with van der Waals surface area (Å²) in [7, 11) is 0. The maximum Gasteiger partial charge on any atom is 0.227 e. The monoisotopic (exact) mass is 335 g/mol. The van der Waals surface area contributed by atoms with Crippen molar-refractivity contribution in [2.75, 3.05) is 0 Å². The smallest absolute Gasteiger partial charge is 0.227 e. The SMILES string of the molecule is CCCC(CCC)C1(C(=O)NC2CC=CC=C2S)CCCCC1. The quantitative estimate of drug-likeness (QED) is 0.598. The second-order valence-electron chi connectivity index (χ2n) is 7.27. The van der Waals surface area contributed by atoms with Crippen molar-refractivity contribution in [1.29, 1.82) is 0 Å². The van der Waals surface area contributed by atoms with Gasteiger partial charge in [0.1, 0.15) is 0 Å². The maximum absolute atomic E-state index is 13.3. The lowest BCUT2D eigenvalue weighted by Crippen LogP contribution is -2.50. The lowest BCUT2D eigenvalue weighted by atomic mass is 9.62. The fraction of sp³-hybridized carbons (Fsp3) is 0.750. The molecule has 1 amide bonds. The van der Waals surface area contributed by atoms with Gasteiger partial charge in [0.15, 0.2) is 0 Å². The molecule has 0 radical (unpaired) electrons. The highest BCUT2D eigenvalue weighted by Gasteiger charge is 2.45. The number of hydrogen-bond donors (Lipinski definition) is 2. The standard InChI is InChI=1S/C20H33NOS/c1-3-10-16(11-4-2)20(14-8-5-9-15-20)19(22)21-17-12-6-7-13-18(17)23/h6-7,13,16-17,23H,3-5,8-12,14-15H2,1-2H3,(H,21,22). The summed E-state index contributed by atoms with van der Waals surface area (Å²) in [5, 5.41) is 3.34. The van der Waals surface area contributed by atoms with Crippen LogP contribution in [0.3, 0.4) is 0 Å². The van der Waals surface area contributed by atoms with Gasteiger partial charge in [0.05, 0.1) is 11.5 Å². The van der Waals surface area contributed by atoms with E-state index in [4.69, 9.17) is 0 Å². The van der Waals surface area contributed by atoms with Crippen LogP contribution in [0, 0.1) is 11.3 Å². The molecule has 1 unspecified atom stereocenters. The van der Waals surface area contributed by atoms with Crippen LogP contribution in [0.15, 0.2) is 23.1 Å². The van der Waals surface area contributed by atoms with Crippen LogP contribution in [0.2, 0.25) is 0 Å². The number of nitrogens with one attached hydrogen (secondary N) is 1. The Labute approximate surface area is 147 Å². The average Bonchev–Trinajstić information content (AvgIpc) is 2.57. The fourth-order valence-corrected chi connectivity index (χ4v) is 4.71. The predicted octanol–water partition coefficient (Wildman–Crippen LogP) is 5.41. The molecule has 0 aromatic heterocycles. The van der Waals surface area contributed by atoms with Crippen LogP contribution < -0.4 is 5.32 Å². The first-order chi connectivity index (χ1) is 11.1. The van der Waals surface area contributed by atoms with Crippen molar-refractivity contribution in [1.82, 2.24) is 5.32 Å². The third-order valence-corrected chi connectivity index (χ3v) is 6.15. The highest BCUT2D eigenvalue weighted by Crippen LogP contribution is 2.47. The summed E-state index contributed by atoms with van der Waals surface area (Å²) >= 11 is 4.55. The molecule has 0 heterocycles. The molecular formula is C20H33NOS. The van der Waals surface area contributed by atoms with Crippen molar-refractivity contribution in [3.05, 3.63) is 23.1 Å². The normalized spacial score (nSPS) is 23.7. The Bertz CT molecular complexity index is 443. The number of allylic oxidation sites excluding steroid dienone is 2. The molecule has 0 aromatic carbocycles. The lowest BCUT2D eigenvalue weighted by molar-refractivity contribution is -0.138. The molecular weight excluding hydrogens is 302 g/mol. The molecule has 0 aliphatic heterocycles. The van der Waals surface area contributed by atoms with E-state index < -0.39 is 0 Å². The Morgan fingerprint density at radius 1 is 1.26 bits per heavy atom. The molecule has 3 heteroatoms. The van der Waals surface area contributed by atoms with Gasteiger partial charge in [-0.05, 0) is 38.0 Å². The average molecular weight is 336 g/mol. The molecule has 0 bridgehead atoms. The van der Waals surface area contributed by atoms with Gasteiger partial charge >= 0.3 is 0 Å². The molecule has 1 atom stereocenters. The van der Waals surface area contributed by atoms with Crippen LogP contribution in [-0.2, 0) is 4.79 Å². The topological polar surface area (TPSA) is 29.1 Å². The molecule has 2 nitrogen and oxygen atoms in total. The molecule has 2 aliphatic carbocycles. The Kier molecular flexibility index (Phi) is 7.26. The lowest BCUT2D eigenvalue weighted by Gasteiger charge is -2.43. The molecule has 1 fully saturated rings. The van der Waals surface area contributed by atoms with Gasteiger partial charge in [0.25, 0.3) is 0 Å². The first-order valence-electron chi connectivity index (χ1n) is 9.50. The zero-order chi connectivity index (χ0) is 16.7. The van der Waals surface area contributed by atoms with E-state index in [-0.39, 0.29) is 11.5 Å². The van der Waals surface area contributed by atoms with Crippen molar-refractivity contribution < 1.29 is 4.79 Å². The van der Waals surface area contributed by atoms with Crippen LogP contribution in [0.1, 0.15) is 78.1 Å². The number of thiol groups is 1. The van der Waals surface area contributed by atoms with Crippen LogP contribution in [0.5, 0.6) is 0 Å². The van der Waals surface area contributed by atoms with Gasteiger partial charge in [-0.25, -0.2) is 0 Å². The summed E-state index contributed by atoms with van der Waals surface area (Å²) < 4.78 is 0. The molecule has 1 N–H and O–H groups in total. The molecule has 0 spiro atoms. The minimum atomic E-state index is -0.139. The highest BCUT2D eigenvalue weighted by molar-refractivity contribution is 7.84. The van der Waals surface area contributed by atoms with E-state index in [1.807, 2.05) is 12.2 Å². The highest BCUT2D eigenvalue weighted by atomic mass is 32.1. The molecule has 2 rings (SSSR count). The van der Waals surface area contributed by atoms with Gasteiger partial charge < -0.3 is 5.32 Å². The van der Waals surface area contributed by atoms with Crippen LogP contribution >= 0.6 is 12.6 Å². The molecule has 23 heavy (non-hydrogen) atoms. The zero-order valence-corrected chi connectivity index (χ0v) is 15.7. The molecule has 0 aromatic rings. The summed E-state index contributed by atoms with van der Waals surface area (Å²) in [6, 6.07) is 0.0681. The van der Waals surface area contributed by atoms with Gasteiger partial charge in [-0.3, -0.25) is 4.79 Å². The van der Waals surface area contributed by atoms with E-state index in [9.17, 15) is 4.79 Å². The summed E-state index contributed by atoms with van der Waals surface area (Å²) in [5.74, 6) is 0.827. The number of carbonyl (C=O) groups is 1. The first kappa shape index (κ1) is 18.6. The van der Waals surface area contributed by atoms with Gasteiger partial charge in [-0.15, -0.1) is 12.6 Å². The van der Waals surface area contributed by atoms with E-state index in [1.165, 1.54) is 44.9 Å². The fourth-order valence-electron chi connectivity index (χ4n) is 4.45. The number of carbonyl (C=O) groups excluding carboxylic acids is 1. The van der Waals surface area contributed by atoms with Crippen molar-refractivity contribution in [3.8, 4) is 0 Å². The summed E-state index contributed by atoms with van der Waals surface area (Å²) in [6.45, 7) is 4.50. The van der Waals surface area contributed by atoms with Crippen LogP contribution in [0.25, 0.3) is 0 Å². The summed E-state index contributed by atoms with van der Waals surface area (Å²) in [5.41, 5.74) is -0.139. The van der Waals surface area contributed by atoms with Crippen molar-refractivity contribution >= 4 is 18.5 Å². The minimum Gasteiger partial charge on any atom is -0.348 e. The summed E-state index contributed by atoms with van der Waals surface area (Å²) in [4.78, 5) is 14.3. The Balaban J connectivity index is 2.17. The number of rotatable bonds is 7. The minimum absolute atomic E-state index is 0.0681. The maximum atomic E-state index is 13.3. The first-order valence-corrected chi connectivity index (χ1v) is 9.95. The van der Waals surface area contributed by atoms with E-state index in [2.05, 4.69) is 37.9 Å². The Morgan fingerprint density at radius 3 is 2.48 bits per heavy atom. The molecule has 130 valence electrons. The molecule has 1 saturated carbocycles. The third kappa shape index (κ3) is 4.43. The van der Waals surface area contributed by atoms with Gasteiger partial charge in [0.2, 0.25) is 5.91 Å². The van der Waals surface area contributed by atoms with E-state index in [1.54, 1.807) is 0 Å². The van der Waals surface area contributed by atoms with Crippen LogP contribution in [0.4, 0.5) is 0 Å². The van der Waals surface area contributed by atoms with Crippen molar-refractivity contribution in [3.63, 3.8) is 0 Å². The Morgan fingerprint density at radius 2 is 1.91 bits per heavy atom. The van der Waals surface area contributed by atoms with Gasteiger partial charge in [-0.2, -0.15) is 0 Å². The van der Waals surface area contributed by atoms with Gasteiger partial charge in [-0.1, -0.05) is 64.2 Å². The van der Waals surface area contributed by atoms with E-state index in [0.29, 0.717) is 11.8 Å². The molecule has 2 aliphatic rings. The van der Waals surface area contributed by atoms with Crippen molar-refractivity contribution in [2.24, 2.45) is 11.3 Å². The second-order valence-corrected chi connectivity index (χ2v) is 7.79. The van der Waals surface area contributed by atoms with E-state index >= 15 is 0 Å². The Hall–Kier alpha value is -0.700. The van der Waals surface area contributed by atoms with Gasteiger partial charge in [0, 0.05) is 4.91 Å². The largest absolute Gasteiger partial charge is 0.348 e. The zero-order valence-electron chi connectivity index (χ0n) is 14.8. The van der Waals surface area contributed by atoms with Crippen molar-refractivity contribution in [2.45, 2.75) is 84.1 Å².